The molecule has 1 unspecified atom stereocenters. The lowest BCUT2D eigenvalue weighted by Crippen LogP contribution is -2.54. The molecular formula is C21H35FIN5O3. The number of rotatable bonds is 10. The van der Waals surface area contributed by atoms with Crippen molar-refractivity contribution in [3.8, 4) is 0 Å². The number of halogens is 2. The largest absolute Gasteiger partial charge is 0.383 e. The summed E-state index contributed by atoms with van der Waals surface area (Å²) in [6.07, 6.45) is -0.239. The summed E-state index contributed by atoms with van der Waals surface area (Å²) in [4.78, 5) is 21.1. The number of carbonyl (C=O) groups is 1. The first-order valence-electron chi connectivity index (χ1n) is 10.4. The molecule has 1 aliphatic rings. The zero-order valence-electron chi connectivity index (χ0n) is 18.6. The summed E-state index contributed by atoms with van der Waals surface area (Å²) in [5.41, 5.74) is 0.891. The van der Waals surface area contributed by atoms with E-state index in [4.69, 9.17) is 14.5 Å². The van der Waals surface area contributed by atoms with Gasteiger partial charge in [0.15, 0.2) is 5.96 Å². The fourth-order valence-corrected chi connectivity index (χ4v) is 3.26. The van der Waals surface area contributed by atoms with Crippen LogP contribution in [0.2, 0.25) is 0 Å². The van der Waals surface area contributed by atoms with Crippen molar-refractivity contribution in [1.82, 2.24) is 20.4 Å². The number of carbonyl (C=O) groups excluding carboxylic acids is 1. The van der Waals surface area contributed by atoms with Crippen molar-refractivity contribution in [3.05, 3.63) is 35.6 Å². The van der Waals surface area contributed by atoms with Crippen molar-refractivity contribution in [3.63, 3.8) is 0 Å². The van der Waals surface area contributed by atoms with Gasteiger partial charge >= 0.3 is 0 Å². The molecule has 8 nitrogen and oxygen atoms in total. The van der Waals surface area contributed by atoms with Gasteiger partial charge in [-0.05, 0) is 24.6 Å². The Balaban J connectivity index is 0.00000480. The second kappa shape index (κ2) is 15.3. The van der Waals surface area contributed by atoms with Crippen molar-refractivity contribution in [2.24, 2.45) is 4.99 Å². The third kappa shape index (κ3) is 9.67. The average molecular weight is 551 g/mol. The topological polar surface area (TPSA) is 78.4 Å². The third-order valence-electron chi connectivity index (χ3n) is 4.94. The Bertz CT molecular complexity index is 669. The minimum atomic E-state index is -0.268. The summed E-state index contributed by atoms with van der Waals surface area (Å²) < 4.78 is 23.7. The maximum Gasteiger partial charge on any atom is 0.234 e. The van der Waals surface area contributed by atoms with Crippen molar-refractivity contribution < 1.29 is 18.7 Å². The smallest absolute Gasteiger partial charge is 0.234 e. The van der Waals surface area contributed by atoms with Gasteiger partial charge in [0.25, 0.3) is 0 Å². The fourth-order valence-electron chi connectivity index (χ4n) is 3.26. The van der Waals surface area contributed by atoms with E-state index in [2.05, 4.69) is 20.4 Å². The lowest BCUT2D eigenvalue weighted by molar-refractivity contribution is -0.122. The summed E-state index contributed by atoms with van der Waals surface area (Å²) in [5.74, 6) is 0.574. The standard InChI is InChI=1S/C21H34FN5O3.HI/c1-4-23-21(25-15-19(30-3)17-5-7-18(22)8-6-17)27-12-10-26(11-13-27)16-20(28)24-9-14-29-2;/h5-8,19H,4,9-16H2,1-3H3,(H,23,25)(H,24,28);1H. The summed E-state index contributed by atoms with van der Waals surface area (Å²) in [5, 5.41) is 6.18. The number of aliphatic imine (C=N–C) groups is 1. The van der Waals surface area contributed by atoms with Crippen LogP contribution in [-0.2, 0) is 14.3 Å². The van der Waals surface area contributed by atoms with E-state index in [0.717, 1.165) is 44.2 Å². The van der Waals surface area contributed by atoms with E-state index in [0.29, 0.717) is 26.2 Å². The van der Waals surface area contributed by atoms with E-state index in [1.165, 1.54) is 12.1 Å². The molecule has 10 heteroatoms. The van der Waals surface area contributed by atoms with Crippen LogP contribution in [0.3, 0.4) is 0 Å². The van der Waals surface area contributed by atoms with Gasteiger partial charge in [0.2, 0.25) is 5.91 Å². The lowest BCUT2D eigenvalue weighted by atomic mass is 10.1. The molecule has 0 radical (unpaired) electrons. The number of nitrogens with one attached hydrogen (secondary N) is 2. The number of guanidine groups is 1. The van der Waals surface area contributed by atoms with Gasteiger partial charge in [-0.1, -0.05) is 12.1 Å². The van der Waals surface area contributed by atoms with Crippen LogP contribution in [0.15, 0.2) is 29.3 Å². The monoisotopic (exact) mass is 551 g/mol. The van der Waals surface area contributed by atoms with Crippen LogP contribution in [0.4, 0.5) is 4.39 Å². The highest BCUT2D eigenvalue weighted by Crippen LogP contribution is 2.17. The van der Waals surface area contributed by atoms with Crippen LogP contribution in [0.5, 0.6) is 0 Å². The number of ether oxygens (including phenoxy) is 2. The molecular weight excluding hydrogens is 516 g/mol. The molecule has 0 spiro atoms. The zero-order valence-corrected chi connectivity index (χ0v) is 20.9. The second-order valence-electron chi connectivity index (χ2n) is 7.08. The Morgan fingerprint density at radius 2 is 1.84 bits per heavy atom. The second-order valence-corrected chi connectivity index (χ2v) is 7.08. The average Bonchev–Trinajstić information content (AvgIpc) is 2.75. The molecule has 0 saturated carbocycles. The number of nitrogens with zero attached hydrogens (tertiary/aromatic N) is 3. The van der Waals surface area contributed by atoms with Gasteiger partial charge in [-0.15, -0.1) is 24.0 Å². The van der Waals surface area contributed by atoms with E-state index in [1.54, 1.807) is 26.4 Å². The normalized spacial score (nSPS) is 15.9. The minimum absolute atomic E-state index is 0. The van der Waals surface area contributed by atoms with Gasteiger partial charge < -0.3 is 25.0 Å². The predicted octanol–water partition coefficient (Wildman–Crippen LogP) is 1.48. The predicted molar refractivity (Wildman–Crippen MR) is 130 cm³/mol. The van der Waals surface area contributed by atoms with Crippen LogP contribution in [0, 0.1) is 5.82 Å². The highest BCUT2D eigenvalue weighted by molar-refractivity contribution is 14.0. The highest BCUT2D eigenvalue weighted by Gasteiger charge is 2.21. The Morgan fingerprint density at radius 3 is 2.42 bits per heavy atom. The molecule has 176 valence electrons. The first-order chi connectivity index (χ1) is 14.6. The third-order valence-corrected chi connectivity index (χ3v) is 4.94. The van der Waals surface area contributed by atoms with Crippen LogP contribution in [0.1, 0.15) is 18.6 Å². The Morgan fingerprint density at radius 1 is 1.16 bits per heavy atom. The number of hydrogen-bond acceptors (Lipinski definition) is 5. The molecule has 1 aromatic rings. The maximum atomic E-state index is 13.2. The van der Waals surface area contributed by atoms with Crippen LogP contribution >= 0.6 is 24.0 Å². The minimum Gasteiger partial charge on any atom is -0.383 e. The number of hydrogen-bond donors (Lipinski definition) is 2. The molecule has 31 heavy (non-hydrogen) atoms. The molecule has 1 heterocycles. The molecule has 1 aliphatic heterocycles. The molecule has 2 N–H and O–H groups in total. The van der Waals surface area contributed by atoms with Crippen LogP contribution < -0.4 is 10.6 Å². The van der Waals surface area contributed by atoms with Gasteiger partial charge in [0.1, 0.15) is 11.9 Å². The molecule has 2 rings (SSSR count). The molecule has 0 aromatic heterocycles. The van der Waals surface area contributed by atoms with Crippen molar-refractivity contribution in [2.45, 2.75) is 13.0 Å². The molecule has 1 fully saturated rings. The molecule has 1 atom stereocenters. The molecule has 0 bridgehead atoms. The summed E-state index contributed by atoms with van der Waals surface area (Å²) >= 11 is 0. The SMILES string of the molecule is CCNC(=NCC(OC)c1ccc(F)cc1)N1CCN(CC(=O)NCCOC)CC1.I. The van der Waals surface area contributed by atoms with Gasteiger partial charge in [-0.25, -0.2) is 4.39 Å². The zero-order chi connectivity index (χ0) is 21.8. The summed E-state index contributed by atoms with van der Waals surface area (Å²) in [6.45, 7) is 7.80. The summed E-state index contributed by atoms with van der Waals surface area (Å²) in [7, 11) is 3.25. The molecule has 1 aromatic carbocycles. The molecule has 1 saturated heterocycles. The van der Waals surface area contributed by atoms with E-state index >= 15 is 0 Å². The van der Waals surface area contributed by atoms with Gasteiger partial charge in [-0.3, -0.25) is 14.7 Å². The number of amides is 1. The van der Waals surface area contributed by atoms with E-state index in [9.17, 15) is 9.18 Å². The Hall–Kier alpha value is -1.50. The molecule has 0 aliphatic carbocycles. The van der Waals surface area contributed by atoms with E-state index < -0.39 is 0 Å². The Labute approximate surface area is 201 Å². The van der Waals surface area contributed by atoms with Gasteiger partial charge in [0, 0.05) is 53.5 Å². The summed E-state index contributed by atoms with van der Waals surface area (Å²) in [6, 6.07) is 6.31. The highest BCUT2D eigenvalue weighted by atomic mass is 127. The van der Waals surface area contributed by atoms with Crippen molar-refractivity contribution in [2.75, 3.05) is 73.2 Å². The number of piperazine rings is 1. The van der Waals surface area contributed by atoms with Crippen molar-refractivity contribution >= 4 is 35.8 Å². The van der Waals surface area contributed by atoms with Gasteiger partial charge in [-0.2, -0.15) is 0 Å². The quantitative estimate of drug-likeness (QED) is 0.199. The van der Waals surface area contributed by atoms with Crippen LogP contribution in [0.25, 0.3) is 0 Å². The number of methoxy groups -OCH3 is 2. The van der Waals surface area contributed by atoms with Crippen LogP contribution in [-0.4, -0.2) is 94.9 Å². The molecule has 1 amide bonds. The van der Waals surface area contributed by atoms with Crippen molar-refractivity contribution in [1.29, 1.82) is 0 Å². The Kier molecular flexibility index (Phi) is 13.6. The van der Waals surface area contributed by atoms with Gasteiger partial charge in [0.05, 0.1) is 19.7 Å². The lowest BCUT2D eigenvalue weighted by Gasteiger charge is -2.36. The first kappa shape index (κ1) is 27.5. The number of benzene rings is 1. The van der Waals surface area contributed by atoms with E-state index in [1.807, 2.05) is 6.92 Å². The maximum absolute atomic E-state index is 13.2. The fraction of sp³-hybridized carbons (Fsp3) is 0.619. The van der Waals surface area contributed by atoms with E-state index in [-0.39, 0.29) is 41.8 Å². The first-order valence-corrected chi connectivity index (χ1v) is 10.4.